The summed E-state index contributed by atoms with van der Waals surface area (Å²) in [6.07, 6.45) is 0. The van der Waals surface area contributed by atoms with Crippen LogP contribution in [0, 0.1) is 0 Å². The summed E-state index contributed by atoms with van der Waals surface area (Å²) >= 11 is 5.98. The SMILES string of the molecule is COc1ccc2c(COC(=O)c3cc(Cl)c(N)cc3OC)cc(=O)oc2c1. The number of ether oxygens (including phenoxy) is 3. The predicted molar refractivity (Wildman–Crippen MR) is 101 cm³/mol. The molecule has 2 N–H and O–H groups in total. The Bertz CT molecular complexity index is 1080. The van der Waals surface area contributed by atoms with Crippen molar-refractivity contribution >= 4 is 34.2 Å². The highest BCUT2D eigenvalue weighted by atomic mass is 35.5. The van der Waals surface area contributed by atoms with Crippen molar-refractivity contribution in [3.8, 4) is 11.5 Å². The first-order valence-electron chi connectivity index (χ1n) is 7.84. The lowest BCUT2D eigenvalue weighted by Crippen LogP contribution is -2.10. The van der Waals surface area contributed by atoms with Crippen molar-refractivity contribution < 1.29 is 23.4 Å². The van der Waals surface area contributed by atoms with Crippen LogP contribution in [-0.2, 0) is 11.3 Å². The van der Waals surface area contributed by atoms with Gasteiger partial charge in [0, 0.05) is 29.1 Å². The second-order valence-electron chi connectivity index (χ2n) is 5.60. The number of rotatable bonds is 5. The Morgan fingerprint density at radius 1 is 1.15 bits per heavy atom. The van der Waals surface area contributed by atoms with E-state index < -0.39 is 11.6 Å². The average Bonchev–Trinajstić information content (AvgIpc) is 2.66. The van der Waals surface area contributed by atoms with Gasteiger partial charge in [-0.05, 0) is 18.2 Å². The molecule has 1 aromatic heterocycles. The van der Waals surface area contributed by atoms with Gasteiger partial charge in [0.2, 0.25) is 0 Å². The van der Waals surface area contributed by atoms with E-state index in [4.69, 9.17) is 36.0 Å². The molecule has 0 atom stereocenters. The number of nitrogen functional groups attached to an aromatic ring is 1. The summed E-state index contributed by atoms with van der Waals surface area (Å²) in [5.41, 5.74) is 6.40. The van der Waals surface area contributed by atoms with Gasteiger partial charge in [-0.25, -0.2) is 9.59 Å². The third-order valence-corrected chi connectivity index (χ3v) is 4.26. The zero-order valence-corrected chi connectivity index (χ0v) is 15.3. The molecule has 2 aromatic carbocycles. The van der Waals surface area contributed by atoms with Crippen LogP contribution in [0.25, 0.3) is 11.0 Å². The molecule has 0 fully saturated rings. The molecule has 0 saturated carbocycles. The van der Waals surface area contributed by atoms with Crippen LogP contribution >= 0.6 is 11.6 Å². The quantitative estimate of drug-likeness (QED) is 0.405. The van der Waals surface area contributed by atoms with Crippen LogP contribution in [0.5, 0.6) is 11.5 Å². The Morgan fingerprint density at radius 2 is 1.93 bits per heavy atom. The molecule has 0 spiro atoms. The number of carbonyl (C=O) groups excluding carboxylic acids is 1. The van der Waals surface area contributed by atoms with Crippen molar-refractivity contribution in [2.24, 2.45) is 0 Å². The fourth-order valence-corrected chi connectivity index (χ4v) is 2.74. The standard InChI is InChI=1S/C19H16ClNO6/c1-24-11-3-4-12-10(5-18(22)27-17(12)6-11)9-26-19(23)13-7-14(20)15(21)8-16(13)25-2/h3-8H,9,21H2,1-2H3. The fourth-order valence-electron chi connectivity index (χ4n) is 2.58. The van der Waals surface area contributed by atoms with Crippen molar-refractivity contribution in [3.05, 3.63) is 63.0 Å². The number of methoxy groups -OCH3 is 2. The monoisotopic (exact) mass is 389 g/mol. The van der Waals surface area contributed by atoms with E-state index in [0.717, 1.165) is 0 Å². The summed E-state index contributed by atoms with van der Waals surface area (Å²) in [6, 6.07) is 9.12. The Balaban J connectivity index is 1.90. The normalized spacial score (nSPS) is 10.6. The van der Waals surface area contributed by atoms with E-state index in [-0.39, 0.29) is 28.6 Å². The van der Waals surface area contributed by atoms with E-state index in [1.54, 1.807) is 18.2 Å². The van der Waals surface area contributed by atoms with Gasteiger partial charge in [0.1, 0.15) is 29.3 Å². The number of fused-ring (bicyclic) bond motifs is 1. The summed E-state index contributed by atoms with van der Waals surface area (Å²) in [5.74, 6) is 0.119. The Labute approximate surface area is 159 Å². The van der Waals surface area contributed by atoms with Crippen LogP contribution in [0.4, 0.5) is 5.69 Å². The number of carbonyl (C=O) groups is 1. The first-order chi connectivity index (χ1) is 12.9. The highest BCUT2D eigenvalue weighted by Crippen LogP contribution is 2.30. The van der Waals surface area contributed by atoms with Gasteiger partial charge < -0.3 is 24.4 Å². The van der Waals surface area contributed by atoms with Crippen molar-refractivity contribution in [2.45, 2.75) is 6.61 Å². The van der Waals surface area contributed by atoms with E-state index in [1.807, 2.05) is 0 Å². The van der Waals surface area contributed by atoms with E-state index in [9.17, 15) is 9.59 Å². The third kappa shape index (κ3) is 3.83. The number of esters is 1. The zero-order chi connectivity index (χ0) is 19.6. The number of hydrogen-bond donors (Lipinski definition) is 1. The topological polar surface area (TPSA) is 101 Å². The van der Waals surface area contributed by atoms with Gasteiger partial charge in [-0.15, -0.1) is 0 Å². The van der Waals surface area contributed by atoms with Gasteiger partial charge in [0.15, 0.2) is 0 Å². The minimum absolute atomic E-state index is 0.130. The van der Waals surface area contributed by atoms with Gasteiger partial charge in [0.05, 0.1) is 24.9 Å². The largest absolute Gasteiger partial charge is 0.497 e. The molecule has 7 nitrogen and oxygen atoms in total. The maximum absolute atomic E-state index is 12.5. The Hall–Kier alpha value is -3.19. The van der Waals surface area contributed by atoms with Gasteiger partial charge >= 0.3 is 11.6 Å². The predicted octanol–water partition coefficient (Wildman–Crippen LogP) is 3.40. The molecule has 0 amide bonds. The molecule has 1 heterocycles. The number of halogens is 1. The van der Waals surface area contributed by atoms with Crippen molar-refractivity contribution in [1.82, 2.24) is 0 Å². The molecule has 140 valence electrons. The van der Waals surface area contributed by atoms with Gasteiger partial charge in [-0.1, -0.05) is 11.6 Å². The molecule has 3 rings (SSSR count). The van der Waals surface area contributed by atoms with E-state index in [0.29, 0.717) is 22.3 Å². The summed E-state index contributed by atoms with van der Waals surface area (Å²) < 4.78 is 20.8. The molecule has 27 heavy (non-hydrogen) atoms. The molecule has 0 bridgehead atoms. The van der Waals surface area contributed by atoms with Crippen LogP contribution in [0.15, 0.2) is 45.6 Å². The first kappa shape index (κ1) is 18.6. The zero-order valence-electron chi connectivity index (χ0n) is 14.6. The molecule has 0 saturated heterocycles. The lowest BCUT2D eigenvalue weighted by atomic mass is 10.1. The first-order valence-corrected chi connectivity index (χ1v) is 8.21. The summed E-state index contributed by atoms with van der Waals surface area (Å²) in [7, 11) is 2.92. The molecule has 0 aliphatic carbocycles. The highest BCUT2D eigenvalue weighted by Gasteiger charge is 2.17. The molecular formula is C19H16ClNO6. The highest BCUT2D eigenvalue weighted by molar-refractivity contribution is 6.33. The molecule has 0 aliphatic heterocycles. The van der Waals surface area contributed by atoms with Crippen LogP contribution in [0.1, 0.15) is 15.9 Å². The molecule has 3 aromatic rings. The van der Waals surface area contributed by atoms with Gasteiger partial charge in [-0.3, -0.25) is 0 Å². The molecule has 0 radical (unpaired) electrons. The molecular weight excluding hydrogens is 374 g/mol. The van der Waals surface area contributed by atoms with Crippen molar-refractivity contribution in [2.75, 3.05) is 20.0 Å². The lowest BCUT2D eigenvalue weighted by Gasteiger charge is -2.11. The second kappa shape index (κ2) is 7.59. The molecule has 8 heteroatoms. The number of hydrogen-bond acceptors (Lipinski definition) is 7. The summed E-state index contributed by atoms with van der Waals surface area (Å²) in [5, 5.41) is 0.839. The fraction of sp³-hybridized carbons (Fsp3) is 0.158. The average molecular weight is 390 g/mol. The van der Waals surface area contributed by atoms with E-state index in [2.05, 4.69) is 0 Å². The van der Waals surface area contributed by atoms with Gasteiger partial charge in [0.25, 0.3) is 0 Å². The van der Waals surface area contributed by atoms with E-state index in [1.165, 1.54) is 32.4 Å². The summed E-state index contributed by atoms with van der Waals surface area (Å²) in [4.78, 5) is 24.3. The second-order valence-corrected chi connectivity index (χ2v) is 6.01. The van der Waals surface area contributed by atoms with Crippen molar-refractivity contribution in [1.29, 1.82) is 0 Å². The number of anilines is 1. The van der Waals surface area contributed by atoms with Crippen molar-refractivity contribution in [3.63, 3.8) is 0 Å². The van der Waals surface area contributed by atoms with Crippen LogP contribution < -0.4 is 20.8 Å². The van der Waals surface area contributed by atoms with Crippen LogP contribution in [-0.4, -0.2) is 20.2 Å². The number of benzene rings is 2. The molecule has 0 aliphatic rings. The lowest BCUT2D eigenvalue weighted by molar-refractivity contribution is 0.0470. The molecule has 0 unspecified atom stereocenters. The van der Waals surface area contributed by atoms with Crippen LogP contribution in [0.2, 0.25) is 5.02 Å². The maximum atomic E-state index is 12.5. The maximum Gasteiger partial charge on any atom is 0.342 e. The summed E-state index contributed by atoms with van der Waals surface area (Å²) in [6.45, 7) is -0.140. The van der Waals surface area contributed by atoms with E-state index >= 15 is 0 Å². The third-order valence-electron chi connectivity index (χ3n) is 3.93. The Kier molecular flexibility index (Phi) is 5.23. The minimum Gasteiger partial charge on any atom is -0.497 e. The van der Waals surface area contributed by atoms with Gasteiger partial charge in [-0.2, -0.15) is 0 Å². The number of nitrogens with two attached hydrogens (primary N) is 1. The smallest absolute Gasteiger partial charge is 0.342 e. The van der Waals surface area contributed by atoms with Crippen LogP contribution in [0.3, 0.4) is 0 Å². The Morgan fingerprint density at radius 3 is 2.63 bits per heavy atom. The minimum atomic E-state index is -0.663.